The van der Waals surface area contributed by atoms with Crippen LogP contribution < -0.4 is 0 Å². The third-order valence-electron chi connectivity index (χ3n) is 3.15. The van der Waals surface area contributed by atoms with Gasteiger partial charge >= 0.3 is 0 Å². The molecule has 4 nitrogen and oxygen atoms in total. The van der Waals surface area contributed by atoms with Crippen molar-refractivity contribution in [2.45, 2.75) is 16.0 Å². The molecule has 0 saturated carbocycles. The molecule has 1 unspecified atom stereocenters. The Kier molecular flexibility index (Phi) is 3.91. The second-order valence-electron chi connectivity index (χ2n) is 4.54. The van der Waals surface area contributed by atoms with Crippen molar-refractivity contribution in [2.24, 2.45) is 0 Å². The number of aromatic nitrogens is 2. The zero-order valence-electron chi connectivity index (χ0n) is 10.9. The lowest BCUT2D eigenvalue weighted by molar-refractivity contribution is -0.126. The molecule has 1 aromatic heterocycles. The van der Waals surface area contributed by atoms with Crippen LogP contribution >= 0.6 is 35.3 Å². The van der Waals surface area contributed by atoms with Gasteiger partial charge in [-0.25, -0.2) is 4.68 Å². The standard InChI is InChI=1S/C13H13N3OS3/c1-15-8-7-10(11(15)17)19-12-14-16(13(18)20-12)9-5-3-2-4-6-9/h2-6,10H,7-8H2,1H3. The molecule has 1 aliphatic heterocycles. The maximum atomic E-state index is 11.9. The summed E-state index contributed by atoms with van der Waals surface area (Å²) in [7, 11) is 1.84. The summed E-state index contributed by atoms with van der Waals surface area (Å²) in [6, 6.07) is 9.82. The van der Waals surface area contributed by atoms with Crippen LogP contribution in [0, 0.1) is 3.95 Å². The van der Waals surface area contributed by atoms with Gasteiger partial charge in [-0.15, -0.1) is 5.10 Å². The number of rotatable bonds is 3. The second-order valence-corrected chi connectivity index (χ2v) is 7.61. The number of benzene rings is 1. The fraction of sp³-hybridized carbons (Fsp3) is 0.308. The molecule has 104 valence electrons. The van der Waals surface area contributed by atoms with Gasteiger partial charge in [0.25, 0.3) is 0 Å². The predicted molar refractivity (Wildman–Crippen MR) is 84.2 cm³/mol. The average Bonchev–Trinajstić information content (AvgIpc) is 2.97. The van der Waals surface area contributed by atoms with Gasteiger partial charge in [-0.3, -0.25) is 4.79 Å². The lowest BCUT2D eigenvalue weighted by atomic mass is 10.3. The quantitative estimate of drug-likeness (QED) is 0.814. The first-order valence-electron chi connectivity index (χ1n) is 6.22. The highest BCUT2D eigenvalue weighted by molar-refractivity contribution is 8.02. The van der Waals surface area contributed by atoms with Crippen LogP contribution in [0.5, 0.6) is 0 Å². The summed E-state index contributed by atoms with van der Waals surface area (Å²) in [5, 5.41) is 4.50. The van der Waals surface area contributed by atoms with E-state index in [2.05, 4.69) is 5.10 Å². The van der Waals surface area contributed by atoms with E-state index in [1.807, 2.05) is 37.4 Å². The molecule has 20 heavy (non-hydrogen) atoms. The Balaban J connectivity index is 1.83. The summed E-state index contributed by atoms with van der Waals surface area (Å²) in [6.45, 7) is 0.821. The Morgan fingerprint density at radius 1 is 1.40 bits per heavy atom. The average molecular weight is 323 g/mol. The first kappa shape index (κ1) is 13.8. The monoisotopic (exact) mass is 323 g/mol. The molecular weight excluding hydrogens is 310 g/mol. The Bertz CT molecular complexity index is 680. The molecule has 1 aromatic carbocycles. The highest BCUT2D eigenvalue weighted by Crippen LogP contribution is 2.32. The molecule has 7 heteroatoms. The minimum absolute atomic E-state index is 0.0234. The van der Waals surface area contributed by atoms with Crippen LogP contribution in [-0.4, -0.2) is 39.4 Å². The van der Waals surface area contributed by atoms with E-state index in [1.165, 1.54) is 23.1 Å². The van der Waals surface area contributed by atoms with Crippen LogP contribution in [0.1, 0.15) is 6.42 Å². The molecule has 0 bridgehead atoms. The molecule has 0 spiro atoms. The molecule has 3 rings (SSSR count). The fourth-order valence-corrected chi connectivity index (χ4v) is 4.76. The summed E-state index contributed by atoms with van der Waals surface area (Å²) in [6.07, 6.45) is 0.873. The fourth-order valence-electron chi connectivity index (χ4n) is 2.06. The van der Waals surface area contributed by atoms with Crippen molar-refractivity contribution in [2.75, 3.05) is 13.6 Å². The van der Waals surface area contributed by atoms with Crippen molar-refractivity contribution >= 4 is 41.2 Å². The topological polar surface area (TPSA) is 38.1 Å². The molecule has 2 heterocycles. The van der Waals surface area contributed by atoms with E-state index in [-0.39, 0.29) is 11.2 Å². The van der Waals surface area contributed by atoms with Gasteiger partial charge in [0.05, 0.1) is 10.9 Å². The van der Waals surface area contributed by atoms with E-state index in [1.54, 1.807) is 9.58 Å². The SMILES string of the molecule is CN1CCC(Sc2nn(-c3ccccc3)c(=S)s2)C1=O. The van der Waals surface area contributed by atoms with E-state index in [4.69, 9.17) is 12.2 Å². The maximum absolute atomic E-state index is 11.9. The van der Waals surface area contributed by atoms with Gasteiger partial charge in [-0.1, -0.05) is 41.3 Å². The molecule has 1 atom stereocenters. The Morgan fingerprint density at radius 2 is 2.15 bits per heavy atom. The number of hydrogen-bond acceptors (Lipinski definition) is 5. The van der Waals surface area contributed by atoms with Crippen molar-refractivity contribution in [3.63, 3.8) is 0 Å². The second kappa shape index (κ2) is 5.67. The Labute approximate surface area is 130 Å². The highest BCUT2D eigenvalue weighted by Gasteiger charge is 2.30. The Morgan fingerprint density at radius 3 is 2.80 bits per heavy atom. The van der Waals surface area contributed by atoms with E-state index in [0.29, 0.717) is 3.95 Å². The van der Waals surface area contributed by atoms with E-state index in [9.17, 15) is 4.79 Å². The lowest BCUT2D eigenvalue weighted by Crippen LogP contribution is -2.23. The minimum Gasteiger partial charge on any atom is -0.345 e. The van der Waals surface area contributed by atoms with Crippen LogP contribution in [0.2, 0.25) is 0 Å². The zero-order valence-corrected chi connectivity index (χ0v) is 13.3. The van der Waals surface area contributed by atoms with Crippen molar-refractivity contribution in [1.29, 1.82) is 0 Å². The predicted octanol–water partition coefficient (Wildman–Crippen LogP) is 2.99. The maximum Gasteiger partial charge on any atom is 0.235 e. The van der Waals surface area contributed by atoms with Crippen LogP contribution in [0.15, 0.2) is 34.7 Å². The summed E-state index contributed by atoms with van der Waals surface area (Å²) in [5.41, 5.74) is 0.954. The summed E-state index contributed by atoms with van der Waals surface area (Å²) in [4.78, 5) is 13.7. The van der Waals surface area contributed by atoms with Gasteiger partial charge in [-0.2, -0.15) is 0 Å². The summed E-state index contributed by atoms with van der Waals surface area (Å²) >= 11 is 8.34. The molecule has 0 aliphatic carbocycles. The van der Waals surface area contributed by atoms with Crippen LogP contribution in [-0.2, 0) is 4.79 Å². The first-order valence-corrected chi connectivity index (χ1v) is 8.33. The van der Waals surface area contributed by atoms with Gasteiger partial charge in [0.15, 0.2) is 8.29 Å². The van der Waals surface area contributed by atoms with Crippen LogP contribution in [0.3, 0.4) is 0 Å². The minimum atomic E-state index is -0.0234. The van der Waals surface area contributed by atoms with Gasteiger partial charge in [0, 0.05) is 13.6 Å². The molecule has 1 fully saturated rings. The molecule has 2 aromatic rings. The molecule has 1 amide bonds. The van der Waals surface area contributed by atoms with E-state index < -0.39 is 0 Å². The molecular formula is C13H13N3OS3. The number of amides is 1. The number of thioether (sulfide) groups is 1. The van der Waals surface area contributed by atoms with E-state index in [0.717, 1.165) is 23.0 Å². The number of para-hydroxylation sites is 1. The van der Waals surface area contributed by atoms with Crippen LogP contribution in [0.25, 0.3) is 5.69 Å². The molecule has 0 radical (unpaired) electrons. The summed E-state index contributed by atoms with van der Waals surface area (Å²) in [5.74, 6) is 0.183. The molecule has 1 aliphatic rings. The number of carbonyl (C=O) groups excluding carboxylic acids is 1. The lowest BCUT2D eigenvalue weighted by Gasteiger charge is -2.07. The smallest absolute Gasteiger partial charge is 0.235 e. The molecule has 0 N–H and O–H groups in total. The number of carbonyl (C=O) groups is 1. The Hall–Kier alpha value is -1.18. The first-order chi connectivity index (χ1) is 9.65. The normalized spacial score (nSPS) is 18.8. The van der Waals surface area contributed by atoms with Crippen molar-refractivity contribution < 1.29 is 4.79 Å². The van der Waals surface area contributed by atoms with Gasteiger partial charge < -0.3 is 4.90 Å². The highest BCUT2D eigenvalue weighted by atomic mass is 32.2. The van der Waals surface area contributed by atoms with Crippen molar-refractivity contribution in [3.8, 4) is 5.69 Å². The zero-order chi connectivity index (χ0) is 14.1. The van der Waals surface area contributed by atoms with E-state index >= 15 is 0 Å². The van der Waals surface area contributed by atoms with Gasteiger partial charge in [0.2, 0.25) is 5.91 Å². The number of nitrogens with zero attached hydrogens (tertiary/aromatic N) is 3. The van der Waals surface area contributed by atoms with Crippen molar-refractivity contribution in [1.82, 2.24) is 14.7 Å². The van der Waals surface area contributed by atoms with Crippen molar-refractivity contribution in [3.05, 3.63) is 34.3 Å². The van der Waals surface area contributed by atoms with Crippen LogP contribution in [0.4, 0.5) is 0 Å². The third kappa shape index (κ3) is 2.65. The van der Waals surface area contributed by atoms with Gasteiger partial charge in [-0.05, 0) is 30.8 Å². The molecule has 1 saturated heterocycles. The van der Waals surface area contributed by atoms with Gasteiger partial charge in [0.1, 0.15) is 0 Å². The third-order valence-corrected chi connectivity index (χ3v) is 5.72. The summed E-state index contributed by atoms with van der Waals surface area (Å²) < 4.78 is 3.32. The number of hydrogen-bond donors (Lipinski definition) is 0. The number of likely N-dealkylation sites (tertiary alicyclic amines) is 1. The largest absolute Gasteiger partial charge is 0.345 e.